The third kappa shape index (κ3) is 4.04. The summed E-state index contributed by atoms with van der Waals surface area (Å²) >= 11 is 0. The van der Waals surface area contributed by atoms with Crippen molar-refractivity contribution in [1.82, 2.24) is 9.55 Å². The number of hydrogen-bond donors (Lipinski definition) is 1. The highest BCUT2D eigenvalue weighted by atomic mass is 15.2. The number of imidazole rings is 1. The van der Waals surface area contributed by atoms with Crippen LogP contribution in [0.1, 0.15) is 58.3 Å². The van der Waals surface area contributed by atoms with Crippen LogP contribution in [0.3, 0.4) is 0 Å². The van der Waals surface area contributed by atoms with Gasteiger partial charge in [0.25, 0.3) is 0 Å². The summed E-state index contributed by atoms with van der Waals surface area (Å²) < 4.78 is 2.28. The van der Waals surface area contributed by atoms with E-state index in [1.807, 2.05) is 6.20 Å². The second-order valence-corrected chi connectivity index (χ2v) is 5.52. The second-order valence-electron chi connectivity index (χ2n) is 5.52. The smallest absolute Gasteiger partial charge is 0.202 e. The maximum Gasteiger partial charge on any atom is 0.202 e. The van der Waals surface area contributed by atoms with Gasteiger partial charge >= 0.3 is 0 Å². The molecule has 18 heavy (non-hydrogen) atoms. The summed E-state index contributed by atoms with van der Waals surface area (Å²) in [4.78, 5) is 4.40. The first-order chi connectivity index (χ1) is 8.90. The molecule has 0 amide bonds. The van der Waals surface area contributed by atoms with Crippen molar-refractivity contribution in [2.45, 2.75) is 64.8 Å². The second kappa shape index (κ2) is 7.45. The predicted octanol–water partition coefficient (Wildman–Crippen LogP) is 4.07. The van der Waals surface area contributed by atoms with Crippen molar-refractivity contribution < 1.29 is 0 Å². The zero-order chi connectivity index (χ0) is 12.6. The van der Waals surface area contributed by atoms with Gasteiger partial charge in [-0.15, -0.1) is 0 Å². The molecule has 0 radical (unpaired) electrons. The fraction of sp³-hybridized carbons (Fsp3) is 0.800. The van der Waals surface area contributed by atoms with Crippen molar-refractivity contribution in [2.24, 2.45) is 5.92 Å². The topological polar surface area (TPSA) is 29.9 Å². The van der Waals surface area contributed by atoms with Crippen molar-refractivity contribution >= 4 is 5.95 Å². The number of anilines is 1. The van der Waals surface area contributed by atoms with Gasteiger partial charge in [0.1, 0.15) is 0 Å². The van der Waals surface area contributed by atoms with Gasteiger partial charge in [-0.2, -0.15) is 0 Å². The minimum absolute atomic E-state index is 0.949. The molecule has 0 aromatic carbocycles. The fourth-order valence-corrected chi connectivity index (χ4v) is 2.83. The maximum atomic E-state index is 4.40. The molecule has 0 bridgehead atoms. The third-order valence-electron chi connectivity index (χ3n) is 4.03. The lowest BCUT2D eigenvalue weighted by Gasteiger charge is -2.21. The SMILES string of the molecule is CCCCNc1nccn1CCC1CCCCC1. The van der Waals surface area contributed by atoms with Crippen molar-refractivity contribution in [3.8, 4) is 0 Å². The normalized spacial score (nSPS) is 16.9. The van der Waals surface area contributed by atoms with Crippen LogP contribution in [-0.4, -0.2) is 16.1 Å². The summed E-state index contributed by atoms with van der Waals surface area (Å²) in [6.07, 6.45) is 15.0. The Labute approximate surface area is 111 Å². The van der Waals surface area contributed by atoms with Gasteiger partial charge < -0.3 is 9.88 Å². The molecule has 1 aromatic rings. The Bertz CT molecular complexity index is 326. The Morgan fingerprint density at radius 2 is 2.17 bits per heavy atom. The molecule has 102 valence electrons. The van der Waals surface area contributed by atoms with Gasteiger partial charge in [0, 0.05) is 25.5 Å². The van der Waals surface area contributed by atoms with E-state index in [0.717, 1.165) is 25.0 Å². The lowest BCUT2D eigenvalue weighted by molar-refractivity contribution is 0.324. The Hall–Kier alpha value is -0.990. The number of hydrogen-bond acceptors (Lipinski definition) is 2. The van der Waals surface area contributed by atoms with Crippen molar-refractivity contribution in [3.05, 3.63) is 12.4 Å². The molecule has 1 aliphatic carbocycles. The zero-order valence-electron chi connectivity index (χ0n) is 11.7. The van der Waals surface area contributed by atoms with Crippen LogP contribution in [0.15, 0.2) is 12.4 Å². The van der Waals surface area contributed by atoms with Crippen LogP contribution in [-0.2, 0) is 6.54 Å². The fourth-order valence-electron chi connectivity index (χ4n) is 2.83. The number of unbranched alkanes of at least 4 members (excludes halogenated alkanes) is 1. The molecule has 0 aliphatic heterocycles. The molecule has 3 heteroatoms. The zero-order valence-corrected chi connectivity index (χ0v) is 11.7. The van der Waals surface area contributed by atoms with Gasteiger partial charge in [-0.1, -0.05) is 45.4 Å². The van der Waals surface area contributed by atoms with Gasteiger partial charge in [0.2, 0.25) is 5.95 Å². The first-order valence-electron chi connectivity index (χ1n) is 7.65. The number of nitrogens with zero attached hydrogens (tertiary/aromatic N) is 2. The molecule has 1 fully saturated rings. The maximum absolute atomic E-state index is 4.40. The van der Waals surface area contributed by atoms with E-state index >= 15 is 0 Å². The number of aromatic nitrogens is 2. The molecule has 0 unspecified atom stereocenters. The number of rotatable bonds is 7. The molecular formula is C15H27N3. The van der Waals surface area contributed by atoms with Crippen LogP contribution in [0.2, 0.25) is 0 Å². The Morgan fingerprint density at radius 1 is 1.33 bits per heavy atom. The minimum Gasteiger partial charge on any atom is -0.356 e. The van der Waals surface area contributed by atoms with E-state index in [9.17, 15) is 0 Å². The van der Waals surface area contributed by atoms with E-state index in [4.69, 9.17) is 0 Å². The Morgan fingerprint density at radius 3 is 2.94 bits per heavy atom. The van der Waals surface area contributed by atoms with E-state index in [1.54, 1.807) is 0 Å². The van der Waals surface area contributed by atoms with Gasteiger partial charge in [0.05, 0.1) is 0 Å². The highest BCUT2D eigenvalue weighted by Crippen LogP contribution is 2.27. The molecule has 0 atom stereocenters. The van der Waals surface area contributed by atoms with Crippen molar-refractivity contribution in [1.29, 1.82) is 0 Å². The van der Waals surface area contributed by atoms with Gasteiger partial charge in [-0.3, -0.25) is 0 Å². The van der Waals surface area contributed by atoms with Gasteiger partial charge in [-0.25, -0.2) is 4.98 Å². The Kier molecular flexibility index (Phi) is 5.56. The monoisotopic (exact) mass is 249 g/mol. The first-order valence-corrected chi connectivity index (χ1v) is 7.65. The largest absolute Gasteiger partial charge is 0.356 e. The first kappa shape index (κ1) is 13.4. The van der Waals surface area contributed by atoms with Crippen LogP contribution < -0.4 is 5.32 Å². The van der Waals surface area contributed by atoms with Crippen molar-refractivity contribution in [3.63, 3.8) is 0 Å². The average Bonchev–Trinajstić information content (AvgIpc) is 2.86. The van der Waals surface area contributed by atoms with Crippen LogP contribution in [0, 0.1) is 5.92 Å². The summed E-state index contributed by atoms with van der Waals surface area (Å²) in [6.45, 7) is 4.38. The van der Waals surface area contributed by atoms with Crippen molar-refractivity contribution in [2.75, 3.05) is 11.9 Å². The number of aryl methyl sites for hydroxylation is 1. The molecule has 2 rings (SSSR count). The van der Waals surface area contributed by atoms with E-state index in [2.05, 4.69) is 28.0 Å². The average molecular weight is 249 g/mol. The molecule has 1 heterocycles. The quantitative estimate of drug-likeness (QED) is 0.738. The molecule has 0 saturated heterocycles. The molecule has 0 spiro atoms. The number of nitrogens with one attached hydrogen (secondary N) is 1. The molecule has 1 N–H and O–H groups in total. The van der Waals surface area contributed by atoms with Gasteiger partial charge in [-0.05, 0) is 18.8 Å². The third-order valence-corrected chi connectivity index (χ3v) is 4.03. The standard InChI is InChI=1S/C15H27N3/c1-2-3-10-16-15-17-11-13-18(15)12-9-14-7-5-4-6-8-14/h11,13-14H,2-10,12H2,1H3,(H,16,17). The summed E-state index contributed by atoms with van der Waals surface area (Å²) in [5, 5.41) is 3.43. The summed E-state index contributed by atoms with van der Waals surface area (Å²) in [5.74, 6) is 2.00. The van der Waals surface area contributed by atoms with E-state index in [-0.39, 0.29) is 0 Å². The molecule has 3 nitrogen and oxygen atoms in total. The van der Waals surface area contributed by atoms with Crippen LogP contribution >= 0.6 is 0 Å². The Balaban J connectivity index is 1.75. The lowest BCUT2D eigenvalue weighted by atomic mass is 9.87. The summed E-state index contributed by atoms with van der Waals surface area (Å²) in [7, 11) is 0. The molecule has 1 aliphatic rings. The van der Waals surface area contributed by atoms with E-state index in [1.165, 1.54) is 51.4 Å². The summed E-state index contributed by atoms with van der Waals surface area (Å²) in [6, 6.07) is 0. The van der Waals surface area contributed by atoms with Crippen LogP contribution in [0.4, 0.5) is 5.95 Å². The summed E-state index contributed by atoms with van der Waals surface area (Å²) in [5.41, 5.74) is 0. The van der Waals surface area contributed by atoms with E-state index in [0.29, 0.717) is 0 Å². The highest BCUT2D eigenvalue weighted by molar-refractivity contribution is 5.25. The molecular weight excluding hydrogens is 222 g/mol. The van der Waals surface area contributed by atoms with Gasteiger partial charge in [0.15, 0.2) is 0 Å². The van der Waals surface area contributed by atoms with E-state index < -0.39 is 0 Å². The predicted molar refractivity (Wildman–Crippen MR) is 76.8 cm³/mol. The highest BCUT2D eigenvalue weighted by Gasteiger charge is 2.13. The van der Waals surface area contributed by atoms with Crippen LogP contribution in [0.25, 0.3) is 0 Å². The molecule has 1 aromatic heterocycles. The molecule has 1 saturated carbocycles. The van der Waals surface area contributed by atoms with Crippen LogP contribution in [0.5, 0.6) is 0 Å². The lowest BCUT2D eigenvalue weighted by Crippen LogP contribution is -2.12. The minimum atomic E-state index is 0.949.